The Morgan fingerprint density at radius 3 is 3.09 bits per heavy atom. The molecule has 4 aromatic rings. The fourth-order valence-electron chi connectivity index (χ4n) is 2.76. The number of nitrogens with one attached hydrogen (secondary N) is 2. The monoisotopic (exact) mass is 307 g/mol. The molecule has 0 aliphatic rings. The molecule has 3 aromatic heterocycles. The van der Waals surface area contributed by atoms with Crippen molar-refractivity contribution < 1.29 is 5.11 Å². The van der Waals surface area contributed by atoms with Gasteiger partial charge in [-0.2, -0.15) is 0 Å². The molecule has 3 N–H and O–H groups in total. The minimum absolute atomic E-state index is 0.159. The summed E-state index contributed by atoms with van der Waals surface area (Å²) in [6, 6.07) is 8.37. The number of aromatic nitrogens is 4. The van der Waals surface area contributed by atoms with Crippen LogP contribution in [0.2, 0.25) is 0 Å². The average Bonchev–Trinajstić information content (AvgIpc) is 3.21. The molecule has 0 bridgehead atoms. The summed E-state index contributed by atoms with van der Waals surface area (Å²) in [4.78, 5) is 12.1. The normalized spacial score (nSPS) is 11.3. The van der Waals surface area contributed by atoms with Crippen molar-refractivity contribution in [3.8, 4) is 11.3 Å². The second kappa shape index (κ2) is 5.73. The molecule has 6 heteroatoms. The van der Waals surface area contributed by atoms with Crippen LogP contribution in [0.3, 0.4) is 0 Å². The zero-order valence-electron chi connectivity index (χ0n) is 12.5. The zero-order valence-corrected chi connectivity index (χ0v) is 12.5. The third-order valence-electron chi connectivity index (χ3n) is 3.90. The number of rotatable bonds is 5. The van der Waals surface area contributed by atoms with Gasteiger partial charge < -0.3 is 15.4 Å². The van der Waals surface area contributed by atoms with Crippen LogP contribution < -0.4 is 5.32 Å². The molecular weight excluding hydrogens is 290 g/mol. The Morgan fingerprint density at radius 1 is 1.22 bits per heavy atom. The number of benzene rings is 1. The molecule has 0 amide bonds. The van der Waals surface area contributed by atoms with Crippen LogP contribution in [0.5, 0.6) is 0 Å². The SMILES string of the molecule is OCCCNc1nccn2c(-c3ccc4[nH]ccc4c3)cnc12. The molecule has 3 heterocycles. The molecule has 23 heavy (non-hydrogen) atoms. The first-order valence-electron chi connectivity index (χ1n) is 7.61. The van der Waals surface area contributed by atoms with Crippen molar-refractivity contribution in [1.29, 1.82) is 0 Å². The van der Waals surface area contributed by atoms with Gasteiger partial charge in [-0.3, -0.25) is 4.40 Å². The van der Waals surface area contributed by atoms with Crippen molar-refractivity contribution in [3.05, 3.63) is 49.1 Å². The third-order valence-corrected chi connectivity index (χ3v) is 3.90. The van der Waals surface area contributed by atoms with E-state index in [-0.39, 0.29) is 6.61 Å². The Labute approximate surface area is 132 Å². The standard InChI is InChI=1S/C17H17N5O/c23-9-1-5-19-16-17-21-11-15(22(17)8-7-20-16)13-2-3-14-12(10-13)4-6-18-14/h2-4,6-8,10-11,18,23H,1,5,9H2,(H,19,20). The molecular formula is C17H17N5O. The number of H-pyrrole nitrogens is 1. The average molecular weight is 307 g/mol. The van der Waals surface area contributed by atoms with Gasteiger partial charge in [0, 0.05) is 48.2 Å². The summed E-state index contributed by atoms with van der Waals surface area (Å²) in [7, 11) is 0. The summed E-state index contributed by atoms with van der Waals surface area (Å²) in [6.45, 7) is 0.827. The smallest absolute Gasteiger partial charge is 0.180 e. The van der Waals surface area contributed by atoms with Crippen LogP contribution in [0, 0.1) is 0 Å². The fourth-order valence-corrected chi connectivity index (χ4v) is 2.76. The van der Waals surface area contributed by atoms with Crippen LogP contribution in [0.4, 0.5) is 5.82 Å². The Kier molecular flexibility index (Phi) is 3.44. The summed E-state index contributed by atoms with van der Waals surface area (Å²) < 4.78 is 2.03. The maximum atomic E-state index is 8.90. The van der Waals surface area contributed by atoms with Crippen LogP contribution in [0.1, 0.15) is 6.42 Å². The quantitative estimate of drug-likeness (QED) is 0.495. The predicted molar refractivity (Wildman–Crippen MR) is 90.5 cm³/mol. The Morgan fingerprint density at radius 2 is 2.17 bits per heavy atom. The molecule has 0 saturated carbocycles. The van der Waals surface area contributed by atoms with E-state index in [2.05, 4.69) is 44.5 Å². The molecule has 0 aliphatic heterocycles. The molecule has 0 fully saturated rings. The van der Waals surface area contributed by atoms with Crippen molar-refractivity contribution in [3.63, 3.8) is 0 Å². The van der Waals surface area contributed by atoms with Crippen LogP contribution >= 0.6 is 0 Å². The zero-order chi connectivity index (χ0) is 15.6. The number of aliphatic hydroxyl groups excluding tert-OH is 1. The number of nitrogens with zero attached hydrogens (tertiary/aromatic N) is 3. The Balaban J connectivity index is 1.77. The van der Waals surface area contributed by atoms with Crippen molar-refractivity contribution in [2.75, 3.05) is 18.5 Å². The third kappa shape index (κ3) is 2.43. The van der Waals surface area contributed by atoms with E-state index < -0.39 is 0 Å². The maximum Gasteiger partial charge on any atom is 0.180 e. The first-order chi connectivity index (χ1) is 11.4. The summed E-state index contributed by atoms with van der Waals surface area (Å²) in [5.41, 5.74) is 4.04. The van der Waals surface area contributed by atoms with Crippen molar-refractivity contribution in [2.45, 2.75) is 6.42 Å². The van der Waals surface area contributed by atoms with Crippen LogP contribution in [-0.2, 0) is 0 Å². The van der Waals surface area contributed by atoms with Gasteiger partial charge in [-0.15, -0.1) is 0 Å². The van der Waals surface area contributed by atoms with Gasteiger partial charge in [-0.25, -0.2) is 9.97 Å². The molecule has 6 nitrogen and oxygen atoms in total. The van der Waals surface area contributed by atoms with Gasteiger partial charge in [-0.1, -0.05) is 6.07 Å². The fraction of sp³-hybridized carbons (Fsp3) is 0.176. The first kappa shape index (κ1) is 13.8. The van der Waals surface area contributed by atoms with Crippen molar-refractivity contribution >= 4 is 22.4 Å². The number of hydrogen-bond donors (Lipinski definition) is 3. The molecule has 1 aromatic carbocycles. The van der Waals surface area contributed by atoms with Crippen molar-refractivity contribution in [2.24, 2.45) is 0 Å². The highest BCUT2D eigenvalue weighted by molar-refractivity contribution is 5.85. The van der Waals surface area contributed by atoms with Gasteiger partial charge in [0.2, 0.25) is 0 Å². The minimum Gasteiger partial charge on any atom is -0.396 e. The van der Waals surface area contributed by atoms with E-state index in [1.165, 1.54) is 5.39 Å². The van der Waals surface area contributed by atoms with Gasteiger partial charge in [-0.05, 0) is 24.6 Å². The topological polar surface area (TPSA) is 78.2 Å². The lowest BCUT2D eigenvalue weighted by Crippen LogP contribution is -2.06. The molecule has 0 saturated heterocycles. The largest absolute Gasteiger partial charge is 0.396 e. The molecule has 0 radical (unpaired) electrons. The maximum absolute atomic E-state index is 8.90. The lowest BCUT2D eigenvalue weighted by atomic mass is 10.1. The molecule has 0 spiro atoms. The highest BCUT2D eigenvalue weighted by atomic mass is 16.3. The summed E-state index contributed by atoms with van der Waals surface area (Å²) in [5.74, 6) is 0.731. The Bertz CT molecular complexity index is 956. The molecule has 116 valence electrons. The summed E-state index contributed by atoms with van der Waals surface area (Å²) in [6.07, 6.45) is 8.16. The summed E-state index contributed by atoms with van der Waals surface area (Å²) in [5, 5.41) is 13.3. The van der Waals surface area contributed by atoms with E-state index in [4.69, 9.17) is 5.11 Å². The van der Waals surface area contributed by atoms with Crippen LogP contribution in [-0.4, -0.2) is 37.6 Å². The molecule has 0 unspecified atom stereocenters. The Hall–Kier alpha value is -2.86. The van der Waals surface area contributed by atoms with Crippen molar-refractivity contribution in [1.82, 2.24) is 19.4 Å². The highest BCUT2D eigenvalue weighted by Crippen LogP contribution is 2.26. The van der Waals surface area contributed by atoms with Crippen LogP contribution in [0.25, 0.3) is 27.8 Å². The minimum atomic E-state index is 0.159. The number of imidazole rings is 1. The number of fused-ring (bicyclic) bond motifs is 2. The number of aromatic amines is 1. The lowest BCUT2D eigenvalue weighted by Gasteiger charge is -2.07. The number of aliphatic hydroxyl groups is 1. The summed E-state index contributed by atoms with van der Waals surface area (Å²) >= 11 is 0. The van der Waals surface area contributed by atoms with E-state index in [0.29, 0.717) is 13.0 Å². The second-order valence-corrected chi connectivity index (χ2v) is 5.40. The van der Waals surface area contributed by atoms with E-state index in [0.717, 1.165) is 28.2 Å². The lowest BCUT2D eigenvalue weighted by molar-refractivity contribution is 0.292. The van der Waals surface area contributed by atoms with Gasteiger partial charge >= 0.3 is 0 Å². The molecule has 0 aliphatic carbocycles. The number of hydrogen-bond acceptors (Lipinski definition) is 4. The first-order valence-corrected chi connectivity index (χ1v) is 7.61. The van der Waals surface area contributed by atoms with Gasteiger partial charge in [0.05, 0.1) is 11.9 Å². The van der Waals surface area contributed by atoms with Gasteiger partial charge in [0.15, 0.2) is 11.5 Å². The second-order valence-electron chi connectivity index (χ2n) is 5.40. The van der Waals surface area contributed by atoms with E-state index in [9.17, 15) is 0 Å². The highest BCUT2D eigenvalue weighted by Gasteiger charge is 2.10. The van der Waals surface area contributed by atoms with E-state index in [1.54, 1.807) is 6.20 Å². The number of anilines is 1. The van der Waals surface area contributed by atoms with Gasteiger partial charge in [0.25, 0.3) is 0 Å². The van der Waals surface area contributed by atoms with Crippen LogP contribution in [0.15, 0.2) is 49.1 Å². The predicted octanol–water partition coefficient (Wildman–Crippen LogP) is 2.67. The van der Waals surface area contributed by atoms with E-state index >= 15 is 0 Å². The van der Waals surface area contributed by atoms with E-state index in [1.807, 2.05) is 23.0 Å². The molecule has 0 atom stereocenters. The molecule has 4 rings (SSSR count). The van der Waals surface area contributed by atoms with Gasteiger partial charge in [0.1, 0.15) is 0 Å².